The fourth-order valence-electron chi connectivity index (χ4n) is 2.97. The lowest BCUT2D eigenvalue weighted by molar-refractivity contribution is 0.414. The van der Waals surface area contributed by atoms with Crippen LogP contribution in [0.15, 0.2) is 72.8 Å². The quantitative estimate of drug-likeness (QED) is 0.460. The van der Waals surface area contributed by atoms with Crippen molar-refractivity contribution in [1.29, 1.82) is 0 Å². The van der Waals surface area contributed by atoms with Gasteiger partial charge in [0.05, 0.1) is 19.3 Å². The van der Waals surface area contributed by atoms with Gasteiger partial charge >= 0.3 is 0 Å². The lowest BCUT2D eigenvalue weighted by Gasteiger charge is -2.14. The van der Waals surface area contributed by atoms with Crippen LogP contribution in [0, 0.1) is 0 Å². The molecule has 0 aliphatic rings. The van der Waals surface area contributed by atoms with E-state index in [9.17, 15) is 0 Å². The van der Waals surface area contributed by atoms with Crippen molar-refractivity contribution < 1.29 is 9.47 Å². The van der Waals surface area contributed by atoms with E-state index in [1.807, 2.05) is 48.5 Å². The Balaban J connectivity index is 2.14. The summed E-state index contributed by atoms with van der Waals surface area (Å²) in [7, 11) is 3.32. The summed E-state index contributed by atoms with van der Waals surface area (Å²) >= 11 is 6.89. The van der Waals surface area contributed by atoms with E-state index in [-0.39, 0.29) is 0 Å². The average molecular weight is 379 g/mol. The Bertz CT molecular complexity index is 859. The van der Waals surface area contributed by atoms with Crippen LogP contribution in [-0.4, -0.2) is 14.2 Å². The highest BCUT2D eigenvalue weighted by atomic mass is 35.5. The van der Waals surface area contributed by atoms with Crippen molar-refractivity contribution in [2.45, 2.75) is 13.3 Å². The summed E-state index contributed by atoms with van der Waals surface area (Å²) in [5.41, 5.74) is 5.36. The highest BCUT2D eigenvalue weighted by Crippen LogP contribution is 2.36. The van der Waals surface area contributed by atoms with E-state index in [0.29, 0.717) is 5.03 Å². The molecule has 0 aliphatic heterocycles. The monoisotopic (exact) mass is 378 g/mol. The Morgan fingerprint density at radius 1 is 0.667 bits per heavy atom. The highest BCUT2D eigenvalue weighted by Gasteiger charge is 2.13. The maximum absolute atomic E-state index is 6.89. The van der Waals surface area contributed by atoms with Crippen LogP contribution < -0.4 is 9.47 Å². The van der Waals surface area contributed by atoms with Gasteiger partial charge in [-0.25, -0.2) is 0 Å². The number of hydrogen-bond donors (Lipinski definition) is 0. The molecule has 2 nitrogen and oxygen atoms in total. The average Bonchev–Trinajstić information content (AvgIpc) is 2.75. The highest BCUT2D eigenvalue weighted by molar-refractivity contribution is 6.53. The second kappa shape index (κ2) is 8.79. The smallest absolute Gasteiger partial charge is 0.118 e. The minimum atomic E-state index is 0.701. The van der Waals surface area contributed by atoms with Crippen molar-refractivity contribution in [1.82, 2.24) is 0 Å². The van der Waals surface area contributed by atoms with Gasteiger partial charge in [-0.15, -0.1) is 0 Å². The Labute approximate surface area is 166 Å². The molecule has 0 atom stereocenters. The molecule has 3 aromatic rings. The number of rotatable bonds is 6. The fourth-order valence-corrected chi connectivity index (χ4v) is 3.31. The number of halogens is 1. The number of methoxy groups -OCH3 is 2. The van der Waals surface area contributed by atoms with E-state index in [2.05, 4.69) is 31.2 Å². The van der Waals surface area contributed by atoms with Crippen molar-refractivity contribution >= 4 is 22.2 Å². The first-order valence-electron chi connectivity index (χ1n) is 8.94. The standard InChI is InChI=1S/C24H23ClO2/c1-4-17-5-7-18(8-6-17)23(19-9-13-21(26-2)14-10-19)24(25)20-11-15-22(27-3)16-12-20/h5-16H,4H2,1-3H3/b24-23+. The van der Waals surface area contributed by atoms with Crippen LogP contribution in [0.5, 0.6) is 11.5 Å². The summed E-state index contributed by atoms with van der Waals surface area (Å²) in [6, 6.07) is 24.3. The second-order valence-corrected chi connectivity index (χ2v) is 6.57. The molecule has 0 saturated heterocycles. The fraction of sp³-hybridized carbons (Fsp3) is 0.167. The maximum atomic E-state index is 6.89. The molecule has 0 radical (unpaired) electrons. The third-order valence-corrected chi connectivity index (χ3v) is 5.00. The molecule has 3 aromatic carbocycles. The van der Waals surface area contributed by atoms with E-state index in [4.69, 9.17) is 21.1 Å². The van der Waals surface area contributed by atoms with Crippen LogP contribution in [-0.2, 0) is 6.42 Å². The number of hydrogen-bond acceptors (Lipinski definition) is 2. The van der Waals surface area contributed by atoms with Crippen molar-refractivity contribution in [2.75, 3.05) is 14.2 Å². The van der Waals surface area contributed by atoms with Crippen molar-refractivity contribution in [3.63, 3.8) is 0 Å². The van der Waals surface area contributed by atoms with Crippen molar-refractivity contribution in [3.05, 3.63) is 95.1 Å². The lowest BCUT2D eigenvalue weighted by atomic mass is 9.94. The Morgan fingerprint density at radius 3 is 1.48 bits per heavy atom. The molecular formula is C24H23ClO2. The van der Waals surface area contributed by atoms with Gasteiger partial charge in [-0.05, 0) is 65.1 Å². The predicted octanol–water partition coefficient (Wildman–Crippen LogP) is 6.42. The van der Waals surface area contributed by atoms with Gasteiger partial charge < -0.3 is 9.47 Å². The molecule has 3 rings (SSSR count). The van der Waals surface area contributed by atoms with Gasteiger partial charge in [-0.3, -0.25) is 0 Å². The zero-order chi connectivity index (χ0) is 19.2. The molecule has 3 heteroatoms. The van der Waals surface area contributed by atoms with Crippen LogP contribution in [0.3, 0.4) is 0 Å². The largest absolute Gasteiger partial charge is 0.497 e. The van der Waals surface area contributed by atoms with E-state index in [1.165, 1.54) is 5.56 Å². The first-order valence-corrected chi connectivity index (χ1v) is 9.32. The summed E-state index contributed by atoms with van der Waals surface area (Å²) in [5, 5.41) is 0.701. The summed E-state index contributed by atoms with van der Waals surface area (Å²) < 4.78 is 10.5. The summed E-state index contributed by atoms with van der Waals surface area (Å²) in [4.78, 5) is 0. The number of aryl methyl sites for hydroxylation is 1. The van der Waals surface area contributed by atoms with Crippen molar-refractivity contribution in [2.24, 2.45) is 0 Å². The topological polar surface area (TPSA) is 18.5 Å². The SMILES string of the molecule is CCc1ccc(/C(=C(\Cl)c2ccc(OC)cc2)c2ccc(OC)cc2)cc1. The molecule has 0 fully saturated rings. The number of benzene rings is 3. The van der Waals surface area contributed by atoms with E-state index in [1.54, 1.807) is 14.2 Å². The Kier molecular flexibility index (Phi) is 6.20. The first-order chi connectivity index (χ1) is 13.2. The van der Waals surface area contributed by atoms with E-state index >= 15 is 0 Å². The summed E-state index contributed by atoms with van der Waals surface area (Å²) in [5.74, 6) is 1.63. The van der Waals surface area contributed by atoms with Crippen LogP contribution in [0.25, 0.3) is 10.6 Å². The number of ether oxygens (including phenoxy) is 2. The van der Waals surface area contributed by atoms with Crippen LogP contribution in [0.4, 0.5) is 0 Å². The van der Waals surface area contributed by atoms with Crippen molar-refractivity contribution in [3.8, 4) is 11.5 Å². The minimum Gasteiger partial charge on any atom is -0.497 e. The molecule has 0 bridgehead atoms. The third kappa shape index (κ3) is 4.35. The predicted molar refractivity (Wildman–Crippen MR) is 114 cm³/mol. The Hall–Kier alpha value is -2.71. The van der Waals surface area contributed by atoms with Gasteiger partial charge in [0, 0.05) is 5.57 Å². The zero-order valence-corrected chi connectivity index (χ0v) is 16.6. The van der Waals surface area contributed by atoms with E-state index < -0.39 is 0 Å². The second-order valence-electron chi connectivity index (χ2n) is 6.20. The van der Waals surface area contributed by atoms with Gasteiger partial charge in [-0.2, -0.15) is 0 Å². The lowest BCUT2D eigenvalue weighted by Crippen LogP contribution is -1.93. The van der Waals surface area contributed by atoms with Gasteiger partial charge in [0.2, 0.25) is 0 Å². The molecule has 0 saturated carbocycles. The molecular weight excluding hydrogens is 356 g/mol. The van der Waals surface area contributed by atoms with Gasteiger partial charge in [0.15, 0.2) is 0 Å². The third-order valence-electron chi connectivity index (χ3n) is 4.59. The molecule has 138 valence electrons. The van der Waals surface area contributed by atoms with Gasteiger partial charge in [0.25, 0.3) is 0 Å². The van der Waals surface area contributed by atoms with Crippen LogP contribution >= 0.6 is 11.6 Å². The van der Waals surface area contributed by atoms with Crippen LogP contribution in [0.2, 0.25) is 0 Å². The normalized spacial score (nSPS) is 11.7. The molecule has 0 aliphatic carbocycles. The molecule has 0 spiro atoms. The summed E-state index contributed by atoms with van der Waals surface area (Å²) in [6.07, 6.45) is 1.01. The minimum absolute atomic E-state index is 0.701. The first kappa shape index (κ1) is 19.1. The zero-order valence-electron chi connectivity index (χ0n) is 15.8. The molecule has 0 unspecified atom stereocenters. The Morgan fingerprint density at radius 2 is 1.07 bits per heavy atom. The summed E-state index contributed by atoms with van der Waals surface area (Å²) in [6.45, 7) is 2.15. The van der Waals surface area contributed by atoms with Gasteiger partial charge in [-0.1, -0.05) is 54.9 Å². The molecule has 0 heterocycles. The van der Waals surface area contributed by atoms with Gasteiger partial charge in [0.1, 0.15) is 11.5 Å². The molecule has 0 N–H and O–H groups in total. The molecule has 0 aromatic heterocycles. The molecule has 0 amide bonds. The van der Waals surface area contributed by atoms with E-state index in [0.717, 1.165) is 40.2 Å². The maximum Gasteiger partial charge on any atom is 0.118 e. The van der Waals surface area contributed by atoms with Crippen LogP contribution in [0.1, 0.15) is 29.2 Å². The molecule has 27 heavy (non-hydrogen) atoms.